The fourth-order valence-electron chi connectivity index (χ4n) is 2.07. The van der Waals surface area contributed by atoms with Crippen molar-refractivity contribution in [3.63, 3.8) is 0 Å². The Morgan fingerprint density at radius 3 is 2.47 bits per heavy atom. The maximum atomic E-state index is 11.8. The van der Waals surface area contributed by atoms with Crippen LogP contribution in [0.1, 0.15) is 25.7 Å². The van der Waals surface area contributed by atoms with Crippen LogP contribution in [0.15, 0.2) is 0 Å². The van der Waals surface area contributed by atoms with E-state index in [9.17, 15) is 13.2 Å². The van der Waals surface area contributed by atoms with Gasteiger partial charge in [0.25, 0.3) is 0 Å². The first-order valence-electron chi connectivity index (χ1n) is 5.37. The summed E-state index contributed by atoms with van der Waals surface area (Å²) in [5.41, 5.74) is 5.56. The van der Waals surface area contributed by atoms with Crippen molar-refractivity contribution in [2.24, 2.45) is 17.6 Å². The van der Waals surface area contributed by atoms with Crippen LogP contribution in [-0.4, -0.2) is 25.9 Å². The fraction of sp³-hybridized carbons (Fsp3) is 1.00. The smallest absolute Gasteiger partial charge is 0.381 e. The molecule has 15 heavy (non-hydrogen) atoms. The molecule has 0 bridgehead atoms. The maximum absolute atomic E-state index is 11.8. The van der Waals surface area contributed by atoms with Gasteiger partial charge in [-0.3, -0.25) is 0 Å². The monoisotopic (exact) mass is 225 g/mol. The Bertz CT molecular complexity index is 184. The highest BCUT2D eigenvalue weighted by molar-refractivity contribution is 4.77. The third-order valence-corrected chi connectivity index (χ3v) is 2.98. The molecule has 5 heteroatoms. The lowest BCUT2D eigenvalue weighted by Gasteiger charge is -2.17. The minimum absolute atomic E-state index is 0.225. The number of nitrogens with two attached hydrogens (primary N) is 1. The summed E-state index contributed by atoms with van der Waals surface area (Å²) < 4.78 is 40.4. The van der Waals surface area contributed by atoms with E-state index in [0.717, 1.165) is 19.3 Å². The number of alkyl halides is 3. The minimum Gasteiger partial charge on any atom is -0.381 e. The molecule has 0 aromatic heterocycles. The molecule has 1 saturated carbocycles. The molecular formula is C10H18F3NO. The molecule has 0 saturated heterocycles. The lowest BCUT2D eigenvalue weighted by atomic mass is 9.97. The van der Waals surface area contributed by atoms with Gasteiger partial charge < -0.3 is 10.5 Å². The molecule has 0 amide bonds. The summed E-state index contributed by atoms with van der Waals surface area (Å²) in [6.45, 7) is 0.822. The van der Waals surface area contributed by atoms with Crippen molar-refractivity contribution in [3.05, 3.63) is 0 Å². The average molecular weight is 225 g/mol. The van der Waals surface area contributed by atoms with Gasteiger partial charge in [-0.25, -0.2) is 0 Å². The van der Waals surface area contributed by atoms with Crippen molar-refractivity contribution in [1.82, 2.24) is 0 Å². The summed E-state index contributed by atoms with van der Waals surface area (Å²) in [4.78, 5) is 0. The second-order valence-electron chi connectivity index (χ2n) is 4.13. The third kappa shape index (κ3) is 4.84. The summed E-state index contributed by atoms with van der Waals surface area (Å²) in [5, 5.41) is 0. The van der Waals surface area contributed by atoms with E-state index in [1.54, 1.807) is 0 Å². The predicted octanol–water partition coefficient (Wildman–Crippen LogP) is 2.33. The quantitative estimate of drug-likeness (QED) is 0.729. The van der Waals surface area contributed by atoms with E-state index in [1.807, 2.05) is 0 Å². The van der Waals surface area contributed by atoms with Gasteiger partial charge in [-0.15, -0.1) is 0 Å². The molecule has 0 aromatic rings. The van der Waals surface area contributed by atoms with E-state index in [1.165, 1.54) is 0 Å². The van der Waals surface area contributed by atoms with Gasteiger partial charge in [-0.2, -0.15) is 13.2 Å². The van der Waals surface area contributed by atoms with E-state index in [0.29, 0.717) is 25.0 Å². The number of ether oxygens (including phenoxy) is 1. The minimum atomic E-state index is -4.11. The molecule has 0 heterocycles. The Labute approximate surface area is 88.0 Å². The second-order valence-corrected chi connectivity index (χ2v) is 4.13. The van der Waals surface area contributed by atoms with Gasteiger partial charge in [-0.1, -0.05) is 6.42 Å². The van der Waals surface area contributed by atoms with Crippen LogP contribution in [0.3, 0.4) is 0 Å². The highest BCUT2D eigenvalue weighted by Crippen LogP contribution is 2.31. The first-order chi connectivity index (χ1) is 7.03. The Morgan fingerprint density at radius 2 is 1.87 bits per heavy atom. The number of rotatable bonds is 5. The van der Waals surface area contributed by atoms with E-state index in [-0.39, 0.29) is 6.61 Å². The zero-order valence-corrected chi connectivity index (χ0v) is 8.72. The lowest BCUT2D eigenvalue weighted by molar-refractivity contribution is -0.146. The van der Waals surface area contributed by atoms with Crippen LogP contribution in [0, 0.1) is 11.8 Å². The Hall–Kier alpha value is -0.290. The van der Waals surface area contributed by atoms with Crippen molar-refractivity contribution < 1.29 is 17.9 Å². The average Bonchev–Trinajstić information content (AvgIpc) is 2.58. The van der Waals surface area contributed by atoms with Gasteiger partial charge in [0.05, 0.1) is 13.0 Å². The molecule has 1 aliphatic rings. The van der Waals surface area contributed by atoms with Crippen molar-refractivity contribution in [2.45, 2.75) is 31.9 Å². The highest BCUT2D eigenvalue weighted by atomic mass is 19.4. The molecule has 1 rings (SSSR count). The van der Waals surface area contributed by atoms with Crippen molar-refractivity contribution in [1.29, 1.82) is 0 Å². The topological polar surface area (TPSA) is 35.2 Å². The van der Waals surface area contributed by atoms with E-state index in [4.69, 9.17) is 10.5 Å². The first-order valence-corrected chi connectivity index (χ1v) is 5.37. The van der Waals surface area contributed by atoms with Gasteiger partial charge in [0.2, 0.25) is 0 Å². The fourth-order valence-corrected chi connectivity index (χ4v) is 2.07. The van der Waals surface area contributed by atoms with Gasteiger partial charge in [0.1, 0.15) is 0 Å². The van der Waals surface area contributed by atoms with E-state index in [2.05, 4.69) is 0 Å². The summed E-state index contributed by atoms with van der Waals surface area (Å²) in [5.74, 6) is 0.805. The molecule has 1 aliphatic carbocycles. The molecule has 90 valence electrons. The van der Waals surface area contributed by atoms with E-state index >= 15 is 0 Å². The van der Waals surface area contributed by atoms with Crippen molar-refractivity contribution in [2.75, 3.05) is 19.8 Å². The number of halogens is 3. The summed E-state index contributed by atoms with van der Waals surface area (Å²) in [7, 11) is 0. The molecule has 2 unspecified atom stereocenters. The Balaban J connectivity index is 2.09. The number of hydrogen-bond donors (Lipinski definition) is 1. The zero-order valence-electron chi connectivity index (χ0n) is 8.72. The van der Waals surface area contributed by atoms with Gasteiger partial charge in [0.15, 0.2) is 0 Å². The molecule has 2 N–H and O–H groups in total. The van der Waals surface area contributed by atoms with E-state index < -0.39 is 12.6 Å². The maximum Gasteiger partial charge on any atom is 0.391 e. The molecule has 0 aliphatic heterocycles. The Morgan fingerprint density at radius 1 is 1.20 bits per heavy atom. The second kappa shape index (κ2) is 5.70. The van der Waals surface area contributed by atoms with Crippen LogP contribution in [0.5, 0.6) is 0 Å². The SMILES string of the molecule is NCC1CCCC1COCCC(F)(F)F. The Kier molecular flexibility index (Phi) is 4.86. The van der Waals surface area contributed by atoms with Crippen molar-refractivity contribution >= 4 is 0 Å². The zero-order chi connectivity index (χ0) is 11.3. The molecule has 0 aromatic carbocycles. The molecule has 0 spiro atoms. The van der Waals surface area contributed by atoms with Gasteiger partial charge >= 0.3 is 6.18 Å². The highest BCUT2D eigenvalue weighted by Gasteiger charge is 2.28. The van der Waals surface area contributed by atoms with Crippen LogP contribution in [0.2, 0.25) is 0 Å². The largest absolute Gasteiger partial charge is 0.391 e. The third-order valence-electron chi connectivity index (χ3n) is 2.98. The van der Waals surface area contributed by atoms with Crippen LogP contribution in [0.4, 0.5) is 13.2 Å². The molecule has 1 fully saturated rings. The molecule has 2 atom stereocenters. The van der Waals surface area contributed by atoms with Gasteiger partial charge in [-0.05, 0) is 31.2 Å². The van der Waals surface area contributed by atoms with Crippen LogP contribution in [-0.2, 0) is 4.74 Å². The molecule has 0 radical (unpaired) electrons. The standard InChI is InChI=1S/C10H18F3NO/c11-10(12,13)4-5-15-7-9-3-1-2-8(9)6-14/h8-9H,1-7,14H2. The summed E-state index contributed by atoms with van der Waals surface area (Å²) in [6, 6.07) is 0. The predicted molar refractivity (Wildman–Crippen MR) is 51.4 cm³/mol. The lowest BCUT2D eigenvalue weighted by Crippen LogP contribution is -2.23. The normalized spacial score (nSPS) is 27.2. The van der Waals surface area contributed by atoms with Crippen LogP contribution < -0.4 is 5.73 Å². The van der Waals surface area contributed by atoms with Gasteiger partial charge in [0, 0.05) is 6.61 Å². The first kappa shape index (κ1) is 12.8. The summed E-state index contributed by atoms with van der Waals surface area (Å²) >= 11 is 0. The van der Waals surface area contributed by atoms with Crippen molar-refractivity contribution in [3.8, 4) is 0 Å². The summed E-state index contributed by atoms with van der Waals surface area (Å²) in [6.07, 6.45) is -1.72. The van der Waals surface area contributed by atoms with Crippen LogP contribution in [0.25, 0.3) is 0 Å². The molecular weight excluding hydrogens is 207 g/mol. The molecule has 2 nitrogen and oxygen atoms in total. The number of hydrogen-bond acceptors (Lipinski definition) is 2. The van der Waals surface area contributed by atoms with Crippen LogP contribution >= 0.6 is 0 Å².